The van der Waals surface area contributed by atoms with Crippen molar-refractivity contribution in [1.82, 2.24) is 15.4 Å². The lowest BCUT2D eigenvalue weighted by molar-refractivity contribution is -0.140. The van der Waals surface area contributed by atoms with E-state index in [2.05, 4.69) is 15.4 Å². The largest absolute Gasteiger partial charge is 0.424 e. The summed E-state index contributed by atoms with van der Waals surface area (Å²) >= 11 is 0. The molecule has 0 radical (unpaired) electrons. The van der Waals surface area contributed by atoms with Crippen molar-refractivity contribution in [1.29, 1.82) is 0 Å². The van der Waals surface area contributed by atoms with Crippen molar-refractivity contribution in [2.75, 3.05) is 6.54 Å². The van der Waals surface area contributed by atoms with Gasteiger partial charge in [-0.1, -0.05) is 0 Å². The van der Waals surface area contributed by atoms with Gasteiger partial charge in [0.2, 0.25) is 0 Å². The second kappa shape index (κ2) is 10.1. The number of hydroxylamine groups is 1. The predicted molar refractivity (Wildman–Crippen MR) is 89.4 cm³/mol. The number of nitrogens with zero attached hydrogens (tertiary/aromatic N) is 2. The molecule has 0 aliphatic heterocycles. The molecule has 0 saturated carbocycles. The molecular weight excluding hydrogens is 324 g/mol. The average Bonchev–Trinajstić information content (AvgIpc) is 2.65. The molecule has 0 aliphatic carbocycles. The van der Waals surface area contributed by atoms with Crippen LogP contribution in [0.1, 0.15) is 29.6 Å². The summed E-state index contributed by atoms with van der Waals surface area (Å²) in [6.45, 7) is 0.514. The van der Waals surface area contributed by atoms with Crippen LogP contribution in [0.15, 0.2) is 49.1 Å². The lowest BCUT2D eigenvalue weighted by atomic mass is 10.1. The van der Waals surface area contributed by atoms with Gasteiger partial charge in [-0.05, 0) is 50.1 Å². The molecule has 0 saturated heterocycles. The molecule has 0 fully saturated rings. The highest BCUT2D eigenvalue weighted by Crippen LogP contribution is 2.10. The highest BCUT2D eigenvalue weighted by molar-refractivity contribution is 5.89. The quantitative estimate of drug-likeness (QED) is 0.396. The number of hydrogen-bond acceptors (Lipinski definition) is 8. The van der Waals surface area contributed by atoms with Crippen molar-refractivity contribution < 1.29 is 19.2 Å². The number of esters is 1. The van der Waals surface area contributed by atoms with Crippen LogP contribution in [0.2, 0.25) is 0 Å². The zero-order chi connectivity index (χ0) is 17.9. The summed E-state index contributed by atoms with van der Waals surface area (Å²) in [5.74, 6) is -0.883. The maximum atomic E-state index is 12.3. The number of carbonyl (C=O) groups excluding carboxylic acids is 2. The standard InChI is InChI=1S/C17H20N4O4/c18-8-2-1-7-15(17(23)24-14-6-4-10-20-12-14)21-25-16(22)13-5-3-9-19-11-13/h3-6,9-12,15,21H,1-2,7-8,18H2/t15-/m0/s1. The van der Waals surface area contributed by atoms with Gasteiger partial charge >= 0.3 is 11.9 Å². The first kappa shape index (κ1) is 18.5. The van der Waals surface area contributed by atoms with E-state index < -0.39 is 18.0 Å². The Hall–Kier alpha value is -2.84. The minimum Gasteiger partial charge on any atom is -0.424 e. The molecule has 2 aromatic rings. The first-order valence-electron chi connectivity index (χ1n) is 7.89. The third kappa shape index (κ3) is 6.28. The van der Waals surface area contributed by atoms with Gasteiger partial charge in [-0.25, -0.2) is 9.59 Å². The number of pyridine rings is 2. The number of aromatic nitrogens is 2. The van der Waals surface area contributed by atoms with Gasteiger partial charge < -0.3 is 15.3 Å². The third-order valence-corrected chi connectivity index (χ3v) is 3.28. The van der Waals surface area contributed by atoms with E-state index in [9.17, 15) is 9.59 Å². The molecule has 8 nitrogen and oxygen atoms in total. The lowest BCUT2D eigenvalue weighted by Gasteiger charge is -2.16. The molecule has 0 aliphatic rings. The Bertz CT molecular complexity index is 667. The minimum absolute atomic E-state index is 0.274. The summed E-state index contributed by atoms with van der Waals surface area (Å²) in [7, 11) is 0. The molecule has 0 aromatic carbocycles. The smallest absolute Gasteiger partial charge is 0.358 e. The van der Waals surface area contributed by atoms with Crippen LogP contribution in [-0.2, 0) is 9.63 Å². The van der Waals surface area contributed by atoms with Gasteiger partial charge in [-0.15, -0.1) is 5.48 Å². The van der Waals surface area contributed by atoms with Gasteiger partial charge in [-0.2, -0.15) is 0 Å². The zero-order valence-corrected chi connectivity index (χ0v) is 13.6. The predicted octanol–water partition coefficient (Wildman–Crippen LogP) is 1.24. The van der Waals surface area contributed by atoms with Gasteiger partial charge in [0.1, 0.15) is 11.8 Å². The maximum absolute atomic E-state index is 12.3. The van der Waals surface area contributed by atoms with Crippen LogP contribution in [0.5, 0.6) is 5.75 Å². The van der Waals surface area contributed by atoms with E-state index in [-0.39, 0.29) is 5.56 Å². The number of rotatable bonds is 9. The summed E-state index contributed by atoms with van der Waals surface area (Å²) in [5, 5.41) is 0. The van der Waals surface area contributed by atoms with E-state index in [0.29, 0.717) is 25.1 Å². The first-order valence-corrected chi connectivity index (χ1v) is 7.89. The van der Waals surface area contributed by atoms with Crippen LogP contribution < -0.4 is 16.0 Å². The fraction of sp³-hybridized carbons (Fsp3) is 0.294. The van der Waals surface area contributed by atoms with E-state index >= 15 is 0 Å². The van der Waals surface area contributed by atoms with Crippen LogP contribution in [0.3, 0.4) is 0 Å². The fourth-order valence-electron chi connectivity index (χ4n) is 1.98. The van der Waals surface area contributed by atoms with E-state index in [4.69, 9.17) is 15.3 Å². The van der Waals surface area contributed by atoms with Crippen LogP contribution in [0, 0.1) is 0 Å². The van der Waals surface area contributed by atoms with Crippen LogP contribution in [-0.4, -0.2) is 34.5 Å². The molecule has 132 valence electrons. The summed E-state index contributed by atoms with van der Waals surface area (Å²) in [4.78, 5) is 37.0. The van der Waals surface area contributed by atoms with Gasteiger partial charge in [0, 0.05) is 18.6 Å². The number of unbranched alkanes of at least 4 members (excludes halogenated alkanes) is 1. The van der Waals surface area contributed by atoms with Crippen molar-refractivity contribution in [3.05, 3.63) is 54.6 Å². The molecule has 25 heavy (non-hydrogen) atoms. The highest BCUT2D eigenvalue weighted by atomic mass is 16.7. The molecule has 2 heterocycles. The van der Waals surface area contributed by atoms with E-state index in [1.807, 2.05) is 0 Å². The maximum Gasteiger partial charge on any atom is 0.358 e. The topological polar surface area (TPSA) is 116 Å². The second-order valence-electron chi connectivity index (χ2n) is 5.20. The van der Waals surface area contributed by atoms with Gasteiger partial charge in [0.05, 0.1) is 11.8 Å². The highest BCUT2D eigenvalue weighted by Gasteiger charge is 2.22. The van der Waals surface area contributed by atoms with Crippen molar-refractivity contribution in [3.8, 4) is 5.75 Å². The Kier molecular flexibility index (Phi) is 7.48. The van der Waals surface area contributed by atoms with Crippen molar-refractivity contribution in [2.24, 2.45) is 5.73 Å². The average molecular weight is 344 g/mol. The van der Waals surface area contributed by atoms with Crippen LogP contribution >= 0.6 is 0 Å². The van der Waals surface area contributed by atoms with E-state index in [1.165, 1.54) is 12.4 Å². The summed E-state index contributed by atoms with van der Waals surface area (Å²) < 4.78 is 5.25. The minimum atomic E-state index is -0.813. The van der Waals surface area contributed by atoms with E-state index in [1.54, 1.807) is 36.7 Å². The van der Waals surface area contributed by atoms with Crippen molar-refractivity contribution in [2.45, 2.75) is 25.3 Å². The summed E-state index contributed by atoms with van der Waals surface area (Å²) in [6.07, 6.45) is 7.76. The molecule has 0 amide bonds. The molecule has 3 N–H and O–H groups in total. The Balaban J connectivity index is 1.94. The number of carbonyl (C=O) groups is 2. The fourth-order valence-corrected chi connectivity index (χ4v) is 1.98. The van der Waals surface area contributed by atoms with Gasteiger partial charge in [0.25, 0.3) is 0 Å². The Morgan fingerprint density at radius 1 is 1.12 bits per heavy atom. The Morgan fingerprint density at radius 2 is 1.88 bits per heavy atom. The SMILES string of the molecule is NCCCC[C@H](NOC(=O)c1cccnc1)C(=O)Oc1cccnc1. The molecule has 0 bridgehead atoms. The molecule has 1 atom stereocenters. The second-order valence-corrected chi connectivity index (χ2v) is 5.20. The normalized spacial score (nSPS) is 11.6. The molecular formula is C17H20N4O4. The summed E-state index contributed by atoms with van der Waals surface area (Å²) in [5.41, 5.74) is 8.23. The van der Waals surface area contributed by atoms with Crippen LogP contribution in [0.25, 0.3) is 0 Å². The molecule has 0 unspecified atom stereocenters. The number of ether oxygens (including phenoxy) is 1. The Morgan fingerprint density at radius 3 is 2.52 bits per heavy atom. The van der Waals surface area contributed by atoms with Crippen molar-refractivity contribution in [3.63, 3.8) is 0 Å². The molecule has 2 rings (SSSR count). The number of nitrogens with two attached hydrogens (primary N) is 1. The molecule has 8 heteroatoms. The summed E-state index contributed by atoms with van der Waals surface area (Å²) in [6, 6.07) is 5.64. The Labute approximate surface area is 145 Å². The van der Waals surface area contributed by atoms with Gasteiger partial charge in [-0.3, -0.25) is 9.97 Å². The van der Waals surface area contributed by atoms with Crippen molar-refractivity contribution >= 4 is 11.9 Å². The monoisotopic (exact) mass is 344 g/mol. The van der Waals surface area contributed by atoms with E-state index in [0.717, 1.165) is 6.42 Å². The first-order chi connectivity index (χ1) is 12.2. The van der Waals surface area contributed by atoms with Gasteiger partial charge in [0.15, 0.2) is 0 Å². The molecule has 2 aromatic heterocycles. The lowest BCUT2D eigenvalue weighted by Crippen LogP contribution is -2.40. The zero-order valence-electron chi connectivity index (χ0n) is 13.6. The number of hydrogen-bond donors (Lipinski definition) is 2. The third-order valence-electron chi connectivity index (χ3n) is 3.28. The molecule has 0 spiro atoms. The number of nitrogens with one attached hydrogen (secondary N) is 1. The van der Waals surface area contributed by atoms with Crippen LogP contribution in [0.4, 0.5) is 0 Å².